The van der Waals surface area contributed by atoms with Gasteiger partial charge in [-0.05, 0) is 0 Å². The highest BCUT2D eigenvalue weighted by molar-refractivity contribution is 14.1. The fourth-order valence-electron chi connectivity index (χ4n) is 0.370. The van der Waals surface area contributed by atoms with Crippen LogP contribution in [0.15, 0.2) is 0 Å². The summed E-state index contributed by atoms with van der Waals surface area (Å²) >= 11 is 2.09. The molecular weight excluding hydrogens is 209 g/mol. The summed E-state index contributed by atoms with van der Waals surface area (Å²) < 4.78 is 0.313. The van der Waals surface area contributed by atoms with Gasteiger partial charge in [0.2, 0.25) is 6.04 Å². The normalized spacial score (nSPS) is 37.9. The van der Waals surface area contributed by atoms with Crippen LogP contribution in [0.4, 0.5) is 0 Å². The first-order valence-electron chi connectivity index (χ1n) is 1.99. The standard InChI is InChI=1S/C3H4INO2/c4-2-1-3(2)5(6)7/h2-3H,1H2. The summed E-state index contributed by atoms with van der Waals surface area (Å²) in [4.78, 5) is 9.56. The Bertz CT molecular complexity index is 105. The molecule has 0 aliphatic heterocycles. The minimum absolute atomic E-state index is 0.211. The Hall–Kier alpha value is 0.130. The Balaban J connectivity index is 2.33. The molecule has 0 bridgehead atoms. The maximum Gasteiger partial charge on any atom is 0.226 e. The highest BCUT2D eigenvalue weighted by Gasteiger charge is 2.46. The van der Waals surface area contributed by atoms with Crippen LogP contribution in [0.1, 0.15) is 6.42 Å². The van der Waals surface area contributed by atoms with E-state index < -0.39 is 0 Å². The van der Waals surface area contributed by atoms with Gasteiger partial charge in [0.15, 0.2) is 0 Å². The number of alkyl halides is 1. The van der Waals surface area contributed by atoms with E-state index in [9.17, 15) is 10.1 Å². The molecule has 0 spiro atoms. The topological polar surface area (TPSA) is 43.1 Å². The second kappa shape index (κ2) is 1.57. The number of nitrogens with zero attached hydrogens (tertiary/aromatic N) is 1. The maximum atomic E-state index is 9.77. The van der Waals surface area contributed by atoms with Gasteiger partial charge in [0.25, 0.3) is 0 Å². The van der Waals surface area contributed by atoms with Crippen molar-refractivity contribution in [3.8, 4) is 0 Å². The molecule has 1 rings (SSSR count). The lowest BCUT2D eigenvalue weighted by Gasteiger charge is -1.79. The molecule has 2 unspecified atom stereocenters. The van der Waals surface area contributed by atoms with Gasteiger partial charge < -0.3 is 0 Å². The molecule has 0 saturated heterocycles. The van der Waals surface area contributed by atoms with Crippen LogP contribution in [0.5, 0.6) is 0 Å². The Morgan fingerprint density at radius 3 is 2.29 bits per heavy atom. The predicted molar refractivity (Wildman–Crippen MR) is 33.2 cm³/mol. The summed E-state index contributed by atoms with van der Waals surface area (Å²) in [7, 11) is 0. The van der Waals surface area contributed by atoms with Gasteiger partial charge in [-0.1, -0.05) is 22.6 Å². The SMILES string of the molecule is O=[N+]([O-])C1CC1I. The van der Waals surface area contributed by atoms with Gasteiger partial charge in [-0.3, -0.25) is 10.1 Å². The van der Waals surface area contributed by atoms with Gasteiger partial charge >= 0.3 is 0 Å². The van der Waals surface area contributed by atoms with Crippen molar-refractivity contribution in [3.63, 3.8) is 0 Å². The van der Waals surface area contributed by atoms with E-state index in [-0.39, 0.29) is 11.0 Å². The zero-order valence-corrected chi connectivity index (χ0v) is 5.66. The molecule has 1 saturated carbocycles. The van der Waals surface area contributed by atoms with Crippen molar-refractivity contribution in [2.75, 3.05) is 0 Å². The molecule has 1 aliphatic rings. The number of hydrogen-bond donors (Lipinski definition) is 0. The Kier molecular flexibility index (Phi) is 1.18. The van der Waals surface area contributed by atoms with Crippen molar-refractivity contribution < 1.29 is 4.92 Å². The lowest BCUT2D eigenvalue weighted by Crippen LogP contribution is -2.01. The van der Waals surface area contributed by atoms with Gasteiger partial charge in [0, 0.05) is 11.3 Å². The Morgan fingerprint density at radius 2 is 2.29 bits per heavy atom. The molecule has 7 heavy (non-hydrogen) atoms. The van der Waals surface area contributed by atoms with Crippen LogP contribution < -0.4 is 0 Å². The second-order valence-corrected chi connectivity index (χ2v) is 3.20. The Morgan fingerprint density at radius 1 is 1.86 bits per heavy atom. The number of hydrogen-bond acceptors (Lipinski definition) is 2. The zero-order valence-electron chi connectivity index (χ0n) is 3.50. The number of nitro groups is 1. The molecular formula is C3H4INO2. The van der Waals surface area contributed by atoms with Gasteiger partial charge in [-0.15, -0.1) is 0 Å². The molecule has 0 aromatic carbocycles. The van der Waals surface area contributed by atoms with Crippen molar-refractivity contribution in [1.29, 1.82) is 0 Å². The van der Waals surface area contributed by atoms with E-state index in [0.717, 1.165) is 6.42 Å². The third kappa shape index (κ3) is 1.02. The molecule has 2 atom stereocenters. The van der Waals surface area contributed by atoms with Crippen LogP contribution in [0.25, 0.3) is 0 Å². The molecule has 0 aromatic rings. The first-order chi connectivity index (χ1) is 3.22. The monoisotopic (exact) mass is 213 g/mol. The van der Waals surface area contributed by atoms with E-state index in [4.69, 9.17) is 0 Å². The smallest absolute Gasteiger partial charge is 0.226 e. The van der Waals surface area contributed by atoms with E-state index in [0.29, 0.717) is 3.92 Å². The average Bonchev–Trinajstić information content (AvgIpc) is 2.17. The Labute approximate surface area is 54.4 Å². The van der Waals surface area contributed by atoms with Gasteiger partial charge in [0.05, 0.1) is 3.92 Å². The van der Waals surface area contributed by atoms with Crippen molar-refractivity contribution in [2.45, 2.75) is 16.4 Å². The minimum Gasteiger partial charge on any atom is -0.264 e. The molecule has 0 amide bonds. The average molecular weight is 213 g/mol. The molecule has 3 nitrogen and oxygen atoms in total. The summed E-state index contributed by atoms with van der Waals surface area (Å²) in [6.45, 7) is 0. The van der Waals surface area contributed by atoms with Crippen molar-refractivity contribution in [3.05, 3.63) is 10.1 Å². The fraction of sp³-hybridized carbons (Fsp3) is 1.00. The molecule has 0 N–H and O–H groups in total. The third-order valence-electron chi connectivity index (χ3n) is 0.952. The van der Waals surface area contributed by atoms with Crippen LogP contribution in [-0.2, 0) is 0 Å². The highest BCUT2D eigenvalue weighted by Crippen LogP contribution is 2.32. The van der Waals surface area contributed by atoms with Crippen molar-refractivity contribution >= 4 is 22.6 Å². The largest absolute Gasteiger partial charge is 0.264 e. The first kappa shape index (κ1) is 5.27. The molecule has 0 heterocycles. The van der Waals surface area contributed by atoms with Crippen LogP contribution in [0.2, 0.25) is 0 Å². The first-order valence-corrected chi connectivity index (χ1v) is 3.24. The van der Waals surface area contributed by atoms with Gasteiger partial charge in [0.1, 0.15) is 0 Å². The van der Waals surface area contributed by atoms with Gasteiger partial charge in [-0.2, -0.15) is 0 Å². The molecule has 40 valence electrons. The highest BCUT2D eigenvalue weighted by atomic mass is 127. The quantitative estimate of drug-likeness (QED) is 0.280. The molecule has 0 aromatic heterocycles. The molecule has 4 heteroatoms. The van der Waals surface area contributed by atoms with Crippen molar-refractivity contribution in [2.24, 2.45) is 0 Å². The molecule has 1 aliphatic carbocycles. The lowest BCUT2D eigenvalue weighted by molar-refractivity contribution is -0.493. The summed E-state index contributed by atoms with van der Waals surface area (Å²) in [6, 6.07) is -0.222. The minimum atomic E-state index is -0.222. The van der Waals surface area contributed by atoms with E-state index >= 15 is 0 Å². The van der Waals surface area contributed by atoms with Crippen LogP contribution in [0.3, 0.4) is 0 Å². The van der Waals surface area contributed by atoms with Crippen molar-refractivity contribution in [1.82, 2.24) is 0 Å². The fourth-order valence-corrected chi connectivity index (χ4v) is 1.15. The summed E-state index contributed by atoms with van der Waals surface area (Å²) in [5, 5.41) is 9.77. The molecule has 1 fully saturated rings. The summed E-state index contributed by atoms with van der Waals surface area (Å²) in [5.74, 6) is 0. The predicted octanol–water partition coefficient (Wildman–Crippen LogP) is 0.839. The third-order valence-corrected chi connectivity index (χ3v) is 2.29. The van der Waals surface area contributed by atoms with E-state index in [1.807, 2.05) is 0 Å². The zero-order chi connectivity index (χ0) is 5.44. The number of halogens is 1. The van der Waals surface area contributed by atoms with E-state index in [2.05, 4.69) is 22.6 Å². The van der Waals surface area contributed by atoms with Crippen LogP contribution >= 0.6 is 22.6 Å². The lowest BCUT2D eigenvalue weighted by atomic mass is 10.8. The van der Waals surface area contributed by atoms with Crippen LogP contribution in [0, 0.1) is 10.1 Å². The second-order valence-electron chi connectivity index (χ2n) is 1.60. The van der Waals surface area contributed by atoms with E-state index in [1.165, 1.54) is 0 Å². The van der Waals surface area contributed by atoms with E-state index in [1.54, 1.807) is 0 Å². The number of rotatable bonds is 1. The van der Waals surface area contributed by atoms with Crippen LogP contribution in [-0.4, -0.2) is 14.9 Å². The summed E-state index contributed by atoms with van der Waals surface area (Å²) in [5.41, 5.74) is 0. The maximum absolute atomic E-state index is 9.77. The van der Waals surface area contributed by atoms with Gasteiger partial charge in [-0.25, -0.2) is 0 Å². The summed E-state index contributed by atoms with van der Waals surface area (Å²) in [6.07, 6.45) is 0.771. The molecule has 0 radical (unpaired) electrons.